The smallest absolute Gasteiger partial charge is 0.328 e. The Kier molecular flexibility index (Phi) is 6.35. The molecule has 9 nitrogen and oxygen atoms in total. The van der Waals surface area contributed by atoms with Crippen molar-refractivity contribution < 1.29 is 29.6 Å². The number of hydrogen-bond acceptors (Lipinski definition) is 7. The van der Waals surface area contributed by atoms with Crippen LogP contribution in [0, 0.1) is 6.92 Å². The van der Waals surface area contributed by atoms with Crippen molar-refractivity contribution in [3.8, 4) is 5.75 Å². The standard InChI is InChI=1S/C12H15N3O2.C4H4O4/c1-9-10-4-7-16-17-12(10)3-2-11(9)14-15-6-5-13-8-15;5-3(6)1-2-4(7)8/h2-3,8,14H,4-7H2,1H3;1-2H,(H,5,6)(H,7,8). The second-order valence-electron chi connectivity index (χ2n) is 5.21. The van der Waals surface area contributed by atoms with E-state index in [1.807, 2.05) is 23.5 Å². The van der Waals surface area contributed by atoms with Crippen LogP contribution in [0.5, 0.6) is 5.75 Å². The molecule has 2 aliphatic rings. The van der Waals surface area contributed by atoms with Crippen LogP contribution in [0.25, 0.3) is 0 Å². The quantitative estimate of drug-likeness (QED) is 0.548. The number of benzene rings is 1. The van der Waals surface area contributed by atoms with E-state index in [1.54, 1.807) is 0 Å². The number of fused-ring (bicyclic) bond motifs is 1. The number of hydrogen-bond donors (Lipinski definition) is 3. The van der Waals surface area contributed by atoms with Gasteiger partial charge in [-0.1, -0.05) is 0 Å². The summed E-state index contributed by atoms with van der Waals surface area (Å²) in [5, 5.41) is 17.6. The van der Waals surface area contributed by atoms with E-state index in [4.69, 9.17) is 20.0 Å². The molecule has 0 bridgehead atoms. The van der Waals surface area contributed by atoms with Gasteiger partial charge in [0.25, 0.3) is 0 Å². The Balaban J connectivity index is 0.000000242. The second-order valence-corrected chi connectivity index (χ2v) is 5.21. The number of carboxylic acids is 2. The van der Waals surface area contributed by atoms with Crippen molar-refractivity contribution >= 4 is 24.0 Å². The Morgan fingerprint density at radius 3 is 2.60 bits per heavy atom. The zero-order chi connectivity index (χ0) is 18.2. The molecule has 0 radical (unpaired) electrons. The van der Waals surface area contributed by atoms with Gasteiger partial charge in [-0.2, -0.15) is 4.89 Å². The van der Waals surface area contributed by atoms with Crippen LogP contribution >= 0.6 is 0 Å². The molecule has 9 heteroatoms. The molecule has 2 aliphatic heterocycles. The van der Waals surface area contributed by atoms with E-state index in [9.17, 15) is 9.59 Å². The number of aliphatic imine (C=N–C) groups is 1. The van der Waals surface area contributed by atoms with E-state index < -0.39 is 11.9 Å². The van der Waals surface area contributed by atoms with Gasteiger partial charge < -0.3 is 15.1 Å². The van der Waals surface area contributed by atoms with Crippen LogP contribution in [0.1, 0.15) is 11.1 Å². The maximum Gasteiger partial charge on any atom is 0.328 e. The van der Waals surface area contributed by atoms with Gasteiger partial charge in [0.05, 0.1) is 25.4 Å². The molecule has 0 amide bonds. The molecule has 0 unspecified atom stereocenters. The summed E-state index contributed by atoms with van der Waals surface area (Å²) in [6.45, 7) is 4.48. The fourth-order valence-corrected chi connectivity index (χ4v) is 2.25. The molecule has 0 aliphatic carbocycles. The van der Waals surface area contributed by atoms with Crippen molar-refractivity contribution in [3.63, 3.8) is 0 Å². The van der Waals surface area contributed by atoms with Crippen molar-refractivity contribution in [2.45, 2.75) is 13.3 Å². The van der Waals surface area contributed by atoms with Crippen LogP contribution in [0.15, 0.2) is 29.3 Å². The third kappa shape index (κ3) is 5.50. The Bertz CT molecular complexity index is 685. The summed E-state index contributed by atoms with van der Waals surface area (Å²) in [4.78, 5) is 33.4. The van der Waals surface area contributed by atoms with Gasteiger partial charge in [0.1, 0.15) is 6.34 Å². The van der Waals surface area contributed by atoms with Gasteiger partial charge in [0.15, 0.2) is 5.75 Å². The molecule has 25 heavy (non-hydrogen) atoms. The lowest BCUT2D eigenvalue weighted by atomic mass is 10.0. The molecule has 0 saturated carbocycles. The maximum absolute atomic E-state index is 9.55. The fourth-order valence-electron chi connectivity index (χ4n) is 2.25. The normalized spacial score (nSPS) is 15.2. The number of nitrogens with zero attached hydrogens (tertiary/aromatic N) is 2. The molecule has 0 spiro atoms. The highest BCUT2D eigenvalue weighted by Gasteiger charge is 2.17. The molecule has 0 aromatic heterocycles. The largest absolute Gasteiger partial charge is 0.478 e. The Hall–Kier alpha value is -3.07. The van der Waals surface area contributed by atoms with Crippen LogP contribution < -0.4 is 10.3 Å². The molecule has 1 aromatic carbocycles. The first kappa shape index (κ1) is 18.3. The van der Waals surface area contributed by atoms with Crippen LogP contribution in [-0.2, 0) is 20.9 Å². The highest BCUT2D eigenvalue weighted by molar-refractivity contribution is 5.89. The number of rotatable bonds is 4. The molecule has 0 fully saturated rings. The van der Waals surface area contributed by atoms with E-state index in [2.05, 4.69) is 17.3 Å². The van der Waals surface area contributed by atoms with E-state index in [0.29, 0.717) is 18.8 Å². The maximum atomic E-state index is 9.55. The Morgan fingerprint density at radius 1 is 1.28 bits per heavy atom. The number of carboxylic acid groups (broad SMARTS) is 2. The number of carbonyl (C=O) groups is 2. The number of anilines is 1. The molecular formula is C16H19N3O6. The number of aliphatic carboxylic acids is 2. The second kappa shape index (κ2) is 8.69. The molecule has 0 atom stereocenters. The molecule has 134 valence electrons. The molecule has 2 heterocycles. The summed E-state index contributed by atoms with van der Waals surface area (Å²) in [7, 11) is 0. The van der Waals surface area contributed by atoms with E-state index in [1.165, 1.54) is 11.1 Å². The van der Waals surface area contributed by atoms with E-state index in [0.717, 1.165) is 30.9 Å². The first-order chi connectivity index (χ1) is 12.0. The van der Waals surface area contributed by atoms with Crippen LogP contribution in [0.4, 0.5) is 5.69 Å². The average Bonchev–Trinajstić information content (AvgIpc) is 3.09. The van der Waals surface area contributed by atoms with Crippen molar-refractivity contribution in [2.75, 3.05) is 25.1 Å². The minimum Gasteiger partial charge on any atom is -0.478 e. The van der Waals surface area contributed by atoms with Crippen molar-refractivity contribution in [1.29, 1.82) is 0 Å². The minimum absolute atomic E-state index is 0.558. The summed E-state index contributed by atoms with van der Waals surface area (Å²) in [6, 6.07) is 3.95. The predicted octanol–water partition coefficient (Wildman–Crippen LogP) is 1.24. The summed E-state index contributed by atoms with van der Waals surface area (Å²) in [6.07, 6.45) is 3.84. The van der Waals surface area contributed by atoms with Crippen molar-refractivity contribution in [2.24, 2.45) is 4.99 Å². The highest BCUT2D eigenvalue weighted by Crippen LogP contribution is 2.31. The lowest BCUT2D eigenvalue weighted by Gasteiger charge is -2.23. The average molecular weight is 349 g/mol. The summed E-state index contributed by atoms with van der Waals surface area (Å²) < 4.78 is 0. The molecule has 3 rings (SSSR count). The van der Waals surface area contributed by atoms with Gasteiger partial charge in [-0.05, 0) is 24.6 Å². The first-order valence-electron chi connectivity index (χ1n) is 7.56. The summed E-state index contributed by atoms with van der Waals surface area (Å²) in [5.41, 5.74) is 6.88. The molecular weight excluding hydrogens is 330 g/mol. The molecule has 3 N–H and O–H groups in total. The van der Waals surface area contributed by atoms with Crippen LogP contribution in [-0.4, -0.2) is 53.2 Å². The zero-order valence-corrected chi connectivity index (χ0v) is 13.6. The number of hydrazine groups is 1. The van der Waals surface area contributed by atoms with Gasteiger partial charge in [0, 0.05) is 24.1 Å². The molecule has 0 saturated heterocycles. The highest BCUT2D eigenvalue weighted by atomic mass is 17.2. The predicted molar refractivity (Wildman–Crippen MR) is 89.6 cm³/mol. The Labute approximate surface area is 144 Å². The van der Waals surface area contributed by atoms with Crippen LogP contribution in [0.2, 0.25) is 0 Å². The topological polar surface area (TPSA) is 121 Å². The van der Waals surface area contributed by atoms with Crippen molar-refractivity contribution in [1.82, 2.24) is 5.01 Å². The third-order valence-electron chi connectivity index (χ3n) is 3.46. The fraction of sp³-hybridized carbons (Fsp3) is 0.312. The summed E-state index contributed by atoms with van der Waals surface area (Å²) >= 11 is 0. The van der Waals surface area contributed by atoms with Crippen LogP contribution in [0.3, 0.4) is 0 Å². The van der Waals surface area contributed by atoms with Gasteiger partial charge in [0.2, 0.25) is 0 Å². The van der Waals surface area contributed by atoms with E-state index >= 15 is 0 Å². The van der Waals surface area contributed by atoms with Gasteiger partial charge in [-0.3, -0.25) is 15.4 Å². The van der Waals surface area contributed by atoms with Crippen molar-refractivity contribution in [3.05, 3.63) is 35.4 Å². The third-order valence-corrected chi connectivity index (χ3v) is 3.46. The van der Waals surface area contributed by atoms with Gasteiger partial charge >= 0.3 is 11.9 Å². The lowest BCUT2D eigenvalue weighted by Crippen LogP contribution is -2.27. The zero-order valence-electron chi connectivity index (χ0n) is 13.6. The summed E-state index contributed by atoms with van der Waals surface area (Å²) in [5.74, 6) is -1.69. The van der Waals surface area contributed by atoms with E-state index in [-0.39, 0.29) is 0 Å². The SMILES string of the molecule is Cc1c(NN2C=NCC2)ccc2c1CCOO2.O=C(O)C=CC(=O)O. The first-order valence-corrected chi connectivity index (χ1v) is 7.56. The monoisotopic (exact) mass is 349 g/mol. The minimum atomic E-state index is -1.26. The molecule has 1 aromatic rings. The lowest BCUT2D eigenvalue weighted by molar-refractivity contribution is -0.215. The van der Waals surface area contributed by atoms with Gasteiger partial charge in [-0.25, -0.2) is 9.59 Å². The number of nitrogens with one attached hydrogen (secondary N) is 1. The Morgan fingerprint density at radius 2 is 2.00 bits per heavy atom. The van der Waals surface area contributed by atoms with Gasteiger partial charge in [-0.15, -0.1) is 0 Å².